The van der Waals surface area contributed by atoms with E-state index in [2.05, 4.69) is 28.4 Å². The third kappa shape index (κ3) is 4.77. The highest BCUT2D eigenvalue weighted by Gasteiger charge is 2.19. The minimum atomic E-state index is 0.720. The highest BCUT2D eigenvalue weighted by molar-refractivity contribution is 9.09. The van der Waals surface area contributed by atoms with E-state index in [1.165, 1.54) is 5.75 Å². The van der Waals surface area contributed by atoms with E-state index >= 15 is 0 Å². The fraction of sp³-hybridized carbons (Fsp3) is 0.455. The molecule has 0 radical (unpaired) electrons. The number of rotatable bonds is 6. The first-order valence-corrected chi connectivity index (χ1v) is 10.1. The second-order valence-corrected chi connectivity index (χ2v) is 9.10. The van der Waals surface area contributed by atoms with E-state index in [1.54, 1.807) is 12.4 Å². The average Bonchev–Trinajstić information content (AvgIpc) is 2.76. The van der Waals surface area contributed by atoms with Crippen molar-refractivity contribution >= 4 is 43.2 Å². The maximum atomic E-state index is 4.25. The number of hydrogen-bond donors (Lipinski definition) is 0. The Morgan fingerprint density at radius 3 is 3.00 bits per heavy atom. The van der Waals surface area contributed by atoms with Gasteiger partial charge in [-0.3, -0.25) is 9.97 Å². The molecule has 1 aromatic heterocycles. The summed E-state index contributed by atoms with van der Waals surface area (Å²) in [5, 5.41) is 2.98. The van der Waals surface area contributed by atoms with Crippen molar-refractivity contribution in [1.29, 1.82) is 0 Å². The molecule has 0 bridgehead atoms. The highest BCUT2D eigenvalue weighted by atomic mass is 33.5. The Morgan fingerprint density at radius 1 is 1.35 bits per heavy atom. The molecule has 0 saturated heterocycles. The van der Waals surface area contributed by atoms with Crippen LogP contribution in [0, 0.1) is 5.92 Å². The van der Waals surface area contributed by atoms with Crippen molar-refractivity contribution in [3.63, 3.8) is 0 Å². The molecule has 0 fully saturated rings. The zero-order valence-corrected chi connectivity index (χ0v) is 12.7. The van der Waals surface area contributed by atoms with Gasteiger partial charge in [-0.15, -0.1) is 11.8 Å². The van der Waals surface area contributed by atoms with Gasteiger partial charge in [0.25, 0.3) is 0 Å². The molecule has 0 spiro atoms. The fourth-order valence-electron chi connectivity index (χ4n) is 1.33. The predicted octanol–water partition coefficient (Wildman–Crippen LogP) is 4.27. The Labute approximate surface area is 118 Å². The minimum Gasteiger partial charge on any atom is -0.261 e. The molecule has 2 rings (SSSR count). The zero-order chi connectivity index (χ0) is 11.9. The van der Waals surface area contributed by atoms with Crippen LogP contribution in [0.5, 0.6) is 0 Å². The summed E-state index contributed by atoms with van der Waals surface area (Å²) in [6.07, 6.45) is 7.59. The van der Waals surface area contributed by atoms with E-state index < -0.39 is 0 Å². The quantitative estimate of drug-likeness (QED) is 0.575. The molecule has 0 saturated carbocycles. The number of nitrogens with zero attached hydrogens (tertiary/aromatic N) is 2. The van der Waals surface area contributed by atoms with Crippen LogP contribution in [-0.4, -0.2) is 21.0 Å². The summed E-state index contributed by atoms with van der Waals surface area (Å²) in [4.78, 5) is 8.30. The number of aromatic nitrogens is 2. The molecule has 2 nitrogen and oxygen atoms in total. The van der Waals surface area contributed by atoms with E-state index in [-0.39, 0.29) is 0 Å². The molecule has 2 heterocycles. The predicted molar refractivity (Wildman–Crippen MR) is 83.1 cm³/mol. The van der Waals surface area contributed by atoms with Crippen LogP contribution in [0.1, 0.15) is 12.6 Å². The molecular formula is C11H14N2S4. The van der Waals surface area contributed by atoms with Crippen LogP contribution in [0.25, 0.3) is 0 Å². The minimum absolute atomic E-state index is 0.720. The molecule has 2 atom stereocenters. The van der Waals surface area contributed by atoms with Gasteiger partial charge in [-0.05, 0) is 21.2 Å². The highest BCUT2D eigenvalue weighted by Crippen LogP contribution is 2.40. The first-order chi connectivity index (χ1) is 8.36. The van der Waals surface area contributed by atoms with Gasteiger partial charge < -0.3 is 0 Å². The SMILES string of the molecule is CC1C=CSC1CSSSCc1cnccn1. The van der Waals surface area contributed by atoms with Crippen molar-refractivity contribution in [2.24, 2.45) is 5.92 Å². The maximum Gasteiger partial charge on any atom is 0.0694 e. The van der Waals surface area contributed by atoms with E-state index in [9.17, 15) is 0 Å². The van der Waals surface area contributed by atoms with Crippen molar-refractivity contribution in [3.05, 3.63) is 35.8 Å². The number of thioether (sulfide) groups is 1. The molecule has 0 N–H and O–H groups in total. The molecular weight excluding hydrogens is 288 g/mol. The molecule has 0 amide bonds. The van der Waals surface area contributed by atoms with Gasteiger partial charge in [0.2, 0.25) is 0 Å². The lowest BCUT2D eigenvalue weighted by atomic mass is 10.1. The third-order valence-electron chi connectivity index (χ3n) is 2.37. The molecule has 1 aliphatic rings. The van der Waals surface area contributed by atoms with Crippen LogP contribution in [0.4, 0.5) is 0 Å². The van der Waals surface area contributed by atoms with Crippen LogP contribution < -0.4 is 0 Å². The standard InChI is InChI=1S/C11H14N2S4/c1-9-2-5-14-11(9)8-16-17-15-7-10-6-12-3-4-13-10/h2-6,9,11H,7-8H2,1H3. The molecule has 92 valence electrons. The van der Waals surface area contributed by atoms with E-state index in [1.807, 2.05) is 49.4 Å². The molecule has 17 heavy (non-hydrogen) atoms. The molecule has 0 aromatic carbocycles. The first-order valence-electron chi connectivity index (χ1n) is 5.34. The lowest BCUT2D eigenvalue weighted by Gasteiger charge is -2.12. The van der Waals surface area contributed by atoms with E-state index in [0.717, 1.165) is 22.6 Å². The number of hydrogen-bond acceptors (Lipinski definition) is 6. The Morgan fingerprint density at radius 2 is 2.29 bits per heavy atom. The topological polar surface area (TPSA) is 25.8 Å². The van der Waals surface area contributed by atoms with Crippen LogP contribution >= 0.6 is 43.2 Å². The van der Waals surface area contributed by atoms with Gasteiger partial charge in [0, 0.05) is 35.3 Å². The third-order valence-corrected chi connectivity index (χ3v) is 8.02. The Balaban J connectivity index is 1.55. The van der Waals surface area contributed by atoms with Crippen molar-refractivity contribution in [1.82, 2.24) is 9.97 Å². The molecule has 1 aromatic rings. The summed E-state index contributed by atoms with van der Waals surface area (Å²) in [6, 6.07) is 0. The summed E-state index contributed by atoms with van der Waals surface area (Å²) in [5.74, 6) is 2.85. The second kappa shape index (κ2) is 7.61. The zero-order valence-electron chi connectivity index (χ0n) is 9.48. The lowest BCUT2D eigenvalue weighted by molar-refractivity contribution is 0.738. The van der Waals surface area contributed by atoms with Crippen LogP contribution in [0.3, 0.4) is 0 Å². The average molecular weight is 303 g/mol. The first kappa shape index (κ1) is 13.6. The Hall–Kier alpha value is 0.220. The van der Waals surface area contributed by atoms with Crippen molar-refractivity contribution in [2.75, 3.05) is 5.75 Å². The van der Waals surface area contributed by atoms with Crippen molar-refractivity contribution < 1.29 is 0 Å². The summed E-state index contributed by atoms with van der Waals surface area (Å²) in [6.45, 7) is 2.29. The number of allylic oxidation sites excluding steroid dienone is 1. The lowest BCUT2D eigenvalue weighted by Crippen LogP contribution is -2.09. The van der Waals surface area contributed by atoms with Gasteiger partial charge in [0.15, 0.2) is 0 Å². The van der Waals surface area contributed by atoms with Gasteiger partial charge >= 0.3 is 0 Å². The summed E-state index contributed by atoms with van der Waals surface area (Å²) >= 11 is 1.96. The van der Waals surface area contributed by atoms with Gasteiger partial charge in [0.1, 0.15) is 0 Å². The summed E-state index contributed by atoms with van der Waals surface area (Å²) < 4.78 is 0. The molecule has 0 aliphatic carbocycles. The van der Waals surface area contributed by atoms with Crippen LogP contribution in [-0.2, 0) is 5.75 Å². The maximum absolute atomic E-state index is 4.25. The fourth-order valence-corrected chi connectivity index (χ4v) is 6.72. The van der Waals surface area contributed by atoms with Crippen molar-refractivity contribution in [2.45, 2.75) is 17.9 Å². The van der Waals surface area contributed by atoms with Gasteiger partial charge in [-0.25, -0.2) is 0 Å². The Kier molecular flexibility index (Phi) is 6.11. The van der Waals surface area contributed by atoms with Crippen LogP contribution in [0.15, 0.2) is 30.1 Å². The summed E-state index contributed by atoms with van der Waals surface area (Å²) in [7, 11) is 5.64. The van der Waals surface area contributed by atoms with Crippen LogP contribution in [0.2, 0.25) is 0 Å². The Bertz CT molecular complexity index is 358. The van der Waals surface area contributed by atoms with Gasteiger partial charge in [-0.2, -0.15) is 0 Å². The summed E-state index contributed by atoms with van der Waals surface area (Å²) in [5.41, 5.74) is 1.05. The molecule has 1 aliphatic heterocycles. The largest absolute Gasteiger partial charge is 0.261 e. The van der Waals surface area contributed by atoms with Crippen molar-refractivity contribution in [3.8, 4) is 0 Å². The second-order valence-electron chi connectivity index (χ2n) is 3.67. The van der Waals surface area contributed by atoms with Gasteiger partial charge in [-0.1, -0.05) is 34.6 Å². The van der Waals surface area contributed by atoms with E-state index in [0.29, 0.717) is 0 Å². The molecule has 2 unspecified atom stereocenters. The molecule has 6 heteroatoms. The van der Waals surface area contributed by atoms with Gasteiger partial charge in [0.05, 0.1) is 5.69 Å². The normalized spacial score (nSPS) is 23.1. The monoisotopic (exact) mass is 302 g/mol. The smallest absolute Gasteiger partial charge is 0.0694 e. The van der Waals surface area contributed by atoms with E-state index in [4.69, 9.17) is 0 Å².